The van der Waals surface area contributed by atoms with Gasteiger partial charge in [0.1, 0.15) is 17.8 Å². The van der Waals surface area contributed by atoms with E-state index in [1.54, 1.807) is 6.07 Å². The number of alkyl halides is 2. The third-order valence-electron chi connectivity index (χ3n) is 1.74. The lowest BCUT2D eigenvalue weighted by molar-refractivity contribution is 0.146. The number of nitrogens with two attached hydrogens (primary N) is 1. The maximum absolute atomic E-state index is 12.3. The summed E-state index contributed by atoms with van der Waals surface area (Å²) in [5, 5.41) is 3.84. The molecule has 2 N–H and O–H groups in total. The molecule has 15 heavy (non-hydrogen) atoms. The fourth-order valence-corrected chi connectivity index (χ4v) is 1.07. The Balaban J connectivity index is 2.41. The van der Waals surface area contributed by atoms with E-state index in [0.717, 1.165) is 12.4 Å². The van der Waals surface area contributed by atoms with Gasteiger partial charge in [0.15, 0.2) is 5.82 Å². The molecule has 0 saturated carbocycles. The molecule has 2 aromatic rings. The lowest BCUT2D eigenvalue weighted by Crippen LogP contribution is -2.02. The zero-order valence-corrected chi connectivity index (χ0v) is 7.51. The molecule has 7 heteroatoms. The summed E-state index contributed by atoms with van der Waals surface area (Å²) in [4.78, 5) is 7.24. The Labute approximate surface area is 83.6 Å². The van der Waals surface area contributed by atoms with Crippen LogP contribution in [0.1, 0.15) is 12.1 Å². The van der Waals surface area contributed by atoms with Crippen LogP contribution in [0.3, 0.4) is 0 Å². The highest BCUT2D eigenvalue weighted by Gasteiger charge is 2.10. The van der Waals surface area contributed by atoms with Gasteiger partial charge in [0.05, 0.1) is 0 Å². The highest BCUT2D eigenvalue weighted by atomic mass is 19.3. The Morgan fingerprint density at radius 2 is 2.13 bits per heavy atom. The SMILES string of the molecule is Nc1ccn(-c2cc(C(F)F)ncn2)n1. The molecule has 0 atom stereocenters. The molecule has 0 fully saturated rings. The van der Waals surface area contributed by atoms with Gasteiger partial charge in [0, 0.05) is 18.3 Å². The van der Waals surface area contributed by atoms with E-state index < -0.39 is 6.43 Å². The van der Waals surface area contributed by atoms with Crippen molar-refractivity contribution in [3.05, 3.63) is 30.4 Å². The maximum atomic E-state index is 12.3. The number of anilines is 1. The van der Waals surface area contributed by atoms with Crippen LogP contribution in [-0.4, -0.2) is 19.7 Å². The van der Waals surface area contributed by atoms with E-state index in [1.807, 2.05) is 0 Å². The molecule has 2 heterocycles. The normalized spacial score (nSPS) is 10.9. The van der Waals surface area contributed by atoms with Crippen molar-refractivity contribution in [1.82, 2.24) is 19.7 Å². The molecule has 0 aromatic carbocycles. The van der Waals surface area contributed by atoms with E-state index in [2.05, 4.69) is 15.1 Å². The predicted molar refractivity (Wildman–Crippen MR) is 48.5 cm³/mol. The van der Waals surface area contributed by atoms with Crippen molar-refractivity contribution in [2.45, 2.75) is 6.43 Å². The number of halogens is 2. The minimum atomic E-state index is -2.63. The van der Waals surface area contributed by atoms with Crippen LogP contribution in [0.25, 0.3) is 5.82 Å². The summed E-state index contributed by atoms with van der Waals surface area (Å²) in [6.07, 6.45) is -0.0265. The largest absolute Gasteiger partial charge is 0.382 e. The standard InChI is InChI=1S/C8H7F2N5/c9-8(10)5-3-7(13-4-12-5)15-2-1-6(11)14-15/h1-4,8H,(H2,11,14). The second-order valence-corrected chi connectivity index (χ2v) is 2.79. The van der Waals surface area contributed by atoms with Gasteiger partial charge >= 0.3 is 0 Å². The lowest BCUT2D eigenvalue weighted by atomic mass is 10.4. The fourth-order valence-electron chi connectivity index (χ4n) is 1.07. The average molecular weight is 211 g/mol. The van der Waals surface area contributed by atoms with Crippen LogP contribution < -0.4 is 5.73 Å². The third-order valence-corrected chi connectivity index (χ3v) is 1.74. The van der Waals surface area contributed by atoms with Crippen LogP contribution in [0, 0.1) is 0 Å². The van der Waals surface area contributed by atoms with Crippen molar-refractivity contribution >= 4 is 5.82 Å². The van der Waals surface area contributed by atoms with Crippen LogP contribution in [-0.2, 0) is 0 Å². The van der Waals surface area contributed by atoms with Gasteiger partial charge in [-0.15, -0.1) is 5.10 Å². The molecule has 0 aliphatic carbocycles. The first kappa shape index (κ1) is 9.50. The van der Waals surface area contributed by atoms with Crippen molar-refractivity contribution in [2.24, 2.45) is 0 Å². The Hall–Kier alpha value is -2.05. The Bertz CT molecular complexity index is 468. The maximum Gasteiger partial charge on any atom is 0.280 e. The second-order valence-electron chi connectivity index (χ2n) is 2.79. The summed E-state index contributed by atoms with van der Waals surface area (Å²) in [6.45, 7) is 0. The topological polar surface area (TPSA) is 69.6 Å². The minimum absolute atomic E-state index is 0.261. The quantitative estimate of drug-likeness (QED) is 0.809. The number of rotatable bonds is 2. The lowest BCUT2D eigenvalue weighted by Gasteiger charge is -2.02. The Morgan fingerprint density at radius 1 is 1.33 bits per heavy atom. The van der Waals surface area contributed by atoms with Gasteiger partial charge in [-0.2, -0.15) is 0 Å². The number of nitrogen functional groups attached to an aromatic ring is 1. The highest BCUT2D eigenvalue weighted by molar-refractivity contribution is 5.30. The minimum Gasteiger partial charge on any atom is -0.382 e. The van der Waals surface area contributed by atoms with E-state index in [0.29, 0.717) is 5.82 Å². The first-order valence-electron chi connectivity index (χ1n) is 4.08. The molecule has 78 valence electrons. The molecule has 0 bridgehead atoms. The van der Waals surface area contributed by atoms with Gasteiger partial charge in [-0.25, -0.2) is 23.4 Å². The molecule has 0 radical (unpaired) electrons. The summed E-state index contributed by atoms with van der Waals surface area (Å²) in [6, 6.07) is 2.71. The Kier molecular flexibility index (Phi) is 2.28. The van der Waals surface area contributed by atoms with Gasteiger partial charge in [-0.1, -0.05) is 0 Å². The molecule has 2 rings (SSSR count). The molecule has 0 unspecified atom stereocenters. The predicted octanol–water partition coefficient (Wildman–Crippen LogP) is 1.18. The molecular weight excluding hydrogens is 204 g/mol. The molecule has 0 aliphatic heterocycles. The molecule has 2 aromatic heterocycles. The first-order valence-corrected chi connectivity index (χ1v) is 4.08. The molecule has 0 saturated heterocycles. The summed E-state index contributed by atoms with van der Waals surface area (Å²) in [5.41, 5.74) is 5.05. The van der Waals surface area contributed by atoms with Crippen molar-refractivity contribution in [2.75, 3.05) is 5.73 Å². The zero-order valence-electron chi connectivity index (χ0n) is 7.51. The van der Waals surface area contributed by atoms with Crippen molar-refractivity contribution in [3.8, 4) is 5.82 Å². The first-order chi connectivity index (χ1) is 7.16. The number of hydrogen-bond acceptors (Lipinski definition) is 4. The number of aromatic nitrogens is 4. The molecule has 5 nitrogen and oxygen atoms in total. The summed E-state index contributed by atoms with van der Waals surface area (Å²) < 4.78 is 26.0. The van der Waals surface area contributed by atoms with Crippen LogP contribution in [0.5, 0.6) is 0 Å². The smallest absolute Gasteiger partial charge is 0.280 e. The van der Waals surface area contributed by atoms with Crippen LogP contribution in [0.2, 0.25) is 0 Å². The zero-order chi connectivity index (χ0) is 10.8. The van der Waals surface area contributed by atoms with Gasteiger partial charge in [0.2, 0.25) is 0 Å². The van der Waals surface area contributed by atoms with Gasteiger partial charge in [-0.05, 0) is 0 Å². The molecular formula is C8H7F2N5. The van der Waals surface area contributed by atoms with Gasteiger partial charge < -0.3 is 5.73 Å². The second kappa shape index (κ2) is 3.60. The fraction of sp³-hybridized carbons (Fsp3) is 0.125. The van der Waals surface area contributed by atoms with Crippen molar-refractivity contribution in [1.29, 1.82) is 0 Å². The van der Waals surface area contributed by atoms with Gasteiger partial charge in [-0.3, -0.25) is 0 Å². The summed E-state index contributed by atoms with van der Waals surface area (Å²) in [5.74, 6) is 0.559. The van der Waals surface area contributed by atoms with Crippen molar-refractivity contribution in [3.63, 3.8) is 0 Å². The van der Waals surface area contributed by atoms with Crippen LogP contribution in [0.15, 0.2) is 24.7 Å². The van der Waals surface area contributed by atoms with E-state index in [1.165, 1.54) is 10.9 Å². The third kappa shape index (κ3) is 1.90. The van der Waals surface area contributed by atoms with E-state index in [4.69, 9.17) is 5.73 Å². The van der Waals surface area contributed by atoms with E-state index in [-0.39, 0.29) is 11.5 Å². The van der Waals surface area contributed by atoms with E-state index >= 15 is 0 Å². The molecule has 0 aliphatic rings. The van der Waals surface area contributed by atoms with Crippen LogP contribution >= 0.6 is 0 Å². The van der Waals surface area contributed by atoms with Crippen LogP contribution in [0.4, 0.5) is 14.6 Å². The van der Waals surface area contributed by atoms with Crippen molar-refractivity contribution < 1.29 is 8.78 Å². The average Bonchev–Trinajstić information content (AvgIpc) is 2.65. The number of nitrogens with zero attached hydrogens (tertiary/aromatic N) is 4. The molecule has 0 amide bonds. The number of hydrogen-bond donors (Lipinski definition) is 1. The Morgan fingerprint density at radius 3 is 2.73 bits per heavy atom. The van der Waals surface area contributed by atoms with Gasteiger partial charge in [0.25, 0.3) is 6.43 Å². The van der Waals surface area contributed by atoms with E-state index in [9.17, 15) is 8.78 Å². The molecule has 0 spiro atoms. The summed E-state index contributed by atoms with van der Waals surface area (Å²) >= 11 is 0. The summed E-state index contributed by atoms with van der Waals surface area (Å²) in [7, 11) is 0. The highest BCUT2D eigenvalue weighted by Crippen LogP contribution is 2.17. The monoisotopic (exact) mass is 211 g/mol.